The number of nitrogens with zero attached hydrogens (tertiary/aromatic N) is 2. The molecule has 4 aromatic rings. The molecule has 0 bridgehead atoms. The minimum atomic E-state index is -1.03. The fourth-order valence-corrected chi connectivity index (χ4v) is 6.94. The molecule has 0 aliphatic rings. The monoisotopic (exact) mass is 796 g/mol. The first-order valence-electron chi connectivity index (χ1n) is 20.9. The third-order valence-corrected chi connectivity index (χ3v) is 9.83. The van der Waals surface area contributed by atoms with E-state index >= 15 is 0 Å². The zero-order valence-corrected chi connectivity index (χ0v) is 35.5. The molecule has 0 heterocycles. The molecule has 0 N–H and O–H groups in total. The first-order valence-corrected chi connectivity index (χ1v) is 20.9. The second-order valence-electron chi connectivity index (χ2n) is 14.3. The van der Waals surface area contributed by atoms with E-state index in [1.807, 2.05) is 72.8 Å². The van der Waals surface area contributed by atoms with E-state index < -0.39 is 24.4 Å². The van der Waals surface area contributed by atoms with Crippen LogP contribution in [0.15, 0.2) is 97.1 Å². The van der Waals surface area contributed by atoms with Gasteiger partial charge in [-0.05, 0) is 60.1 Å². The van der Waals surface area contributed by atoms with Gasteiger partial charge < -0.3 is 28.4 Å². The van der Waals surface area contributed by atoms with Crippen molar-refractivity contribution >= 4 is 11.9 Å². The average molecular weight is 797 g/mol. The van der Waals surface area contributed by atoms with Crippen LogP contribution in [-0.2, 0) is 44.7 Å². The molecule has 10 heteroatoms. The van der Waals surface area contributed by atoms with Crippen molar-refractivity contribution in [1.82, 2.24) is 9.80 Å². The predicted octanol–water partition coefficient (Wildman–Crippen LogP) is 8.71. The molecule has 2 unspecified atom stereocenters. The van der Waals surface area contributed by atoms with Gasteiger partial charge in [0.2, 0.25) is 0 Å². The van der Waals surface area contributed by atoms with Crippen molar-refractivity contribution in [3.05, 3.63) is 119 Å². The second kappa shape index (κ2) is 25.3. The lowest BCUT2D eigenvalue weighted by molar-refractivity contribution is -0.185. The predicted molar refractivity (Wildman–Crippen MR) is 229 cm³/mol. The maximum absolute atomic E-state index is 13.9. The highest BCUT2D eigenvalue weighted by atomic mass is 16.6. The fraction of sp³-hybridized carbons (Fsp3) is 0.458. The molecule has 10 nitrogen and oxygen atoms in total. The molecule has 0 aliphatic carbocycles. The summed E-state index contributed by atoms with van der Waals surface area (Å²) in [5.74, 6) is 0.534. The molecular formula is C48H64N2O8. The molecule has 314 valence electrons. The second-order valence-corrected chi connectivity index (χ2v) is 14.3. The number of carbonyl (C=O) groups is 2. The van der Waals surface area contributed by atoms with Gasteiger partial charge in [0.15, 0.2) is 12.5 Å². The largest absolute Gasteiger partial charge is 0.497 e. The summed E-state index contributed by atoms with van der Waals surface area (Å²) in [6, 6.07) is 31.7. The first-order chi connectivity index (χ1) is 28.3. The Kier molecular flexibility index (Phi) is 19.9. The van der Waals surface area contributed by atoms with Crippen molar-refractivity contribution in [1.29, 1.82) is 0 Å². The topological polar surface area (TPSA) is 96.0 Å². The molecule has 2 atom stereocenters. The molecule has 0 saturated carbocycles. The van der Waals surface area contributed by atoms with Crippen LogP contribution in [-0.4, -0.2) is 87.8 Å². The van der Waals surface area contributed by atoms with Gasteiger partial charge in [0.05, 0.1) is 27.4 Å². The van der Waals surface area contributed by atoms with Crippen LogP contribution < -0.4 is 18.9 Å². The van der Waals surface area contributed by atoms with Crippen LogP contribution in [0.4, 0.5) is 0 Å². The summed E-state index contributed by atoms with van der Waals surface area (Å²) >= 11 is 0. The Balaban J connectivity index is 1.56. The number of ether oxygens (including phenoxy) is 6. The Morgan fingerprint density at radius 1 is 0.517 bits per heavy atom. The number of carbonyl (C=O) groups excluding carboxylic acids is 2. The van der Waals surface area contributed by atoms with E-state index in [1.54, 1.807) is 14.2 Å². The van der Waals surface area contributed by atoms with Crippen molar-refractivity contribution in [2.24, 2.45) is 0 Å². The molecule has 4 rings (SSSR count). The van der Waals surface area contributed by atoms with Gasteiger partial charge in [0.25, 0.3) is 0 Å². The Hall–Kier alpha value is -5.06. The van der Waals surface area contributed by atoms with Crippen LogP contribution >= 0.6 is 0 Å². The van der Waals surface area contributed by atoms with E-state index in [1.165, 1.54) is 11.1 Å². The number of hydrogen-bond donors (Lipinski definition) is 0. The number of esters is 2. The molecule has 4 aromatic carbocycles. The lowest BCUT2D eigenvalue weighted by Gasteiger charge is -2.33. The van der Waals surface area contributed by atoms with Gasteiger partial charge in [-0.15, -0.1) is 0 Å². The third kappa shape index (κ3) is 14.7. The van der Waals surface area contributed by atoms with Gasteiger partial charge in [-0.2, -0.15) is 0 Å². The van der Waals surface area contributed by atoms with E-state index in [0.717, 1.165) is 49.7 Å². The van der Waals surface area contributed by atoms with Gasteiger partial charge in [-0.1, -0.05) is 100 Å². The molecule has 58 heavy (non-hydrogen) atoms. The number of methoxy groups -OCH3 is 2. The Bertz CT molecular complexity index is 1640. The molecule has 0 aromatic heterocycles. The average Bonchev–Trinajstić information content (AvgIpc) is 3.24. The number of hydrogen-bond acceptors (Lipinski definition) is 10. The summed E-state index contributed by atoms with van der Waals surface area (Å²) < 4.78 is 36.0. The molecule has 0 spiro atoms. The molecule has 0 aliphatic heterocycles. The van der Waals surface area contributed by atoms with Crippen molar-refractivity contribution in [3.63, 3.8) is 0 Å². The maximum atomic E-state index is 13.9. The van der Waals surface area contributed by atoms with Crippen molar-refractivity contribution in [2.75, 3.05) is 53.6 Å². The van der Waals surface area contributed by atoms with Gasteiger partial charge >= 0.3 is 11.9 Å². The molecule has 0 amide bonds. The highest BCUT2D eigenvalue weighted by Gasteiger charge is 2.32. The Morgan fingerprint density at radius 2 is 0.879 bits per heavy atom. The third-order valence-electron chi connectivity index (χ3n) is 9.83. The van der Waals surface area contributed by atoms with E-state index in [-0.39, 0.29) is 0 Å². The summed E-state index contributed by atoms with van der Waals surface area (Å²) in [4.78, 5) is 32.0. The van der Waals surface area contributed by atoms with Crippen LogP contribution in [0, 0.1) is 0 Å². The van der Waals surface area contributed by atoms with Crippen LogP contribution in [0.5, 0.6) is 23.0 Å². The standard InChI is InChI=1S/C48H64N2O8/c1-7-27-49(28-8-2)45(33-39-21-23-41(53-5)35-43(39)55-31-25-37-17-13-11-14-18-37)57-47(51)48(52)58-46(50(29-9-3)30-10-4)34-40-22-24-42(54-6)36-44(40)56-32-26-38-19-15-12-16-20-38/h11-24,35-36,45-46H,7-10,25-34H2,1-6H3. The normalized spacial score (nSPS) is 12.2. The van der Waals surface area contributed by atoms with Crippen molar-refractivity contribution in [3.8, 4) is 23.0 Å². The smallest absolute Gasteiger partial charge is 0.419 e. The SMILES string of the molecule is CCCN(CCC)C(Cc1ccc(OC)cc1OCCc1ccccc1)OC(=O)C(=O)OC(Cc1ccc(OC)cc1OCCc1ccccc1)N(CCC)CCC. The molecule has 0 fully saturated rings. The van der Waals surface area contributed by atoms with E-state index in [4.69, 9.17) is 28.4 Å². The first kappa shape index (κ1) is 45.6. The van der Waals surface area contributed by atoms with Crippen LogP contribution in [0.3, 0.4) is 0 Å². The summed E-state index contributed by atoms with van der Waals surface area (Å²) in [6.07, 6.45) is 3.94. The van der Waals surface area contributed by atoms with E-state index in [2.05, 4.69) is 61.8 Å². The van der Waals surface area contributed by atoms with Crippen molar-refractivity contribution < 1.29 is 38.0 Å². The summed E-state index contributed by atoms with van der Waals surface area (Å²) in [7, 11) is 3.24. The zero-order chi connectivity index (χ0) is 41.5. The quantitative estimate of drug-likeness (QED) is 0.0349. The highest BCUT2D eigenvalue weighted by molar-refractivity contribution is 6.29. The summed E-state index contributed by atoms with van der Waals surface area (Å²) in [6.45, 7) is 11.9. The fourth-order valence-electron chi connectivity index (χ4n) is 6.94. The summed E-state index contributed by atoms with van der Waals surface area (Å²) in [5.41, 5.74) is 4.02. The van der Waals surface area contributed by atoms with Gasteiger partial charge in [-0.25, -0.2) is 9.59 Å². The molecule has 0 saturated heterocycles. The van der Waals surface area contributed by atoms with Gasteiger partial charge in [0, 0.05) is 64.0 Å². The van der Waals surface area contributed by atoms with Gasteiger partial charge in [0.1, 0.15) is 23.0 Å². The van der Waals surface area contributed by atoms with E-state index in [0.29, 0.717) is 75.2 Å². The van der Waals surface area contributed by atoms with E-state index in [9.17, 15) is 9.59 Å². The number of rotatable bonds is 26. The van der Waals surface area contributed by atoms with Crippen LogP contribution in [0.25, 0.3) is 0 Å². The lowest BCUT2D eigenvalue weighted by atomic mass is 10.1. The minimum absolute atomic E-state index is 0.306. The Morgan fingerprint density at radius 3 is 1.21 bits per heavy atom. The maximum Gasteiger partial charge on any atom is 0.419 e. The molecular weight excluding hydrogens is 733 g/mol. The van der Waals surface area contributed by atoms with Crippen molar-refractivity contribution in [2.45, 2.75) is 91.5 Å². The highest BCUT2D eigenvalue weighted by Crippen LogP contribution is 2.30. The number of benzene rings is 4. The lowest BCUT2D eigenvalue weighted by Crippen LogP contribution is -2.45. The van der Waals surface area contributed by atoms with Gasteiger partial charge in [-0.3, -0.25) is 9.80 Å². The molecule has 0 radical (unpaired) electrons. The van der Waals surface area contributed by atoms with Crippen LogP contribution in [0.2, 0.25) is 0 Å². The Labute approximate surface area is 346 Å². The van der Waals surface area contributed by atoms with Crippen LogP contribution in [0.1, 0.15) is 75.6 Å². The summed E-state index contributed by atoms with van der Waals surface area (Å²) in [5, 5.41) is 0. The minimum Gasteiger partial charge on any atom is -0.497 e. The zero-order valence-electron chi connectivity index (χ0n) is 35.5.